The fourth-order valence-electron chi connectivity index (χ4n) is 4.98. The van der Waals surface area contributed by atoms with Gasteiger partial charge in [-0.05, 0) is 72.1 Å². The zero-order valence-corrected chi connectivity index (χ0v) is 21.6. The van der Waals surface area contributed by atoms with Crippen molar-refractivity contribution in [1.82, 2.24) is 5.01 Å². The van der Waals surface area contributed by atoms with E-state index in [1.807, 2.05) is 48.5 Å². The van der Waals surface area contributed by atoms with E-state index in [2.05, 4.69) is 66.5 Å². The topological polar surface area (TPSA) is 43.3 Å². The van der Waals surface area contributed by atoms with E-state index in [-0.39, 0.29) is 12.3 Å². The first-order valence-electron chi connectivity index (χ1n) is 13.4. The van der Waals surface area contributed by atoms with Crippen molar-refractivity contribution >= 4 is 5.71 Å². The van der Waals surface area contributed by atoms with Gasteiger partial charge in [0, 0.05) is 17.5 Å². The number of ether oxygens (including phenoxy) is 3. The van der Waals surface area contributed by atoms with Crippen LogP contribution in [0.15, 0.2) is 108 Å². The minimum absolute atomic E-state index is 0.120. The van der Waals surface area contributed by atoms with Crippen molar-refractivity contribution in [3.8, 4) is 17.2 Å². The Morgan fingerprint density at radius 3 is 2.32 bits per heavy atom. The van der Waals surface area contributed by atoms with E-state index < -0.39 is 0 Å². The minimum Gasteiger partial charge on any atom is -0.494 e. The van der Waals surface area contributed by atoms with Crippen LogP contribution in [0, 0.1) is 0 Å². The summed E-state index contributed by atoms with van der Waals surface area (Å²) in [6.07, 6.45) is 2.70. The van der Waals surface area contributed by atoms with Crippen LogP contribution in [0.4, 0.5) is 0 Å². The molecule has 2 aliphatic heterocycles. The van der Waals surface area contributed by atoms with Crippen molar-refractivity contribution in [2.75, 3.05) is 6.61 Å². The van der Waals surface area contributed by atoms with Gasteiger partial charge >= 0.3 is 0 Å². The van der Waals surface area contributed by atoms with Crippen molar-refractivity contribution in [3.05, 3.63) is 125 Å². The van der Waals surface area contributed by atoms with Crippen molar-refractivity contribution in [2.24, 2.45) is 5.10 Å². The van der Waals surface area contributed by atoms with Crippen LogP contribution in [-0.4, -0.2) is 17.3 Å². The van der Waals surface area contributed by atoms with E-state index in [9.17, 15) is 0 Å². The number of hydrazone groups is 1. The molecule has 0 amide bonds. The lowest BCUT2D eigenvalue weighted by molar-refractivity contribution is -0.0190. The molecule has 5 nitrogen and oxygen atoms in total. The molecule has 0 bridgehead atoms. The highest BCUT2D eigenvalue weighted by Gasteiger charge is 2.40. The number of benzene rings is 4. The summed E-state index contributed by atoms with van der Waals surface area (Å²) < 4.78 is 18.4. The van der Waals surface area contributed by atoms with Crippen molar-refractivity contribution in [1.29, 1.82) is 0 Å². The SMILES string of the molecule is CCCCOc1ccc(C2=NN3[C@H](C2)c2ccccc2O[C@@H]3c2ccc(OCc3ccccc3)cc2)cc1. The van der Waals surface area contributed by atoms with E-state index in [0.29, 0.717) is 6.61 Å². The second-order valence-electron chi connectivity index (χ2n) is 9.72. The van der Waals surface area contributed by atoms with Crippen LogP contribution in [0.25, 0.3) is 0 Å². The van der Waals surface area contributed by atoms with Crippen LogP contribution in [-0.2, 0) is 6.61 Å². The van der Waals surface area contributed by atoms with Crippen LogP contribution in [0.1, 0.15) is 60.7 Å². The van der Waals surface area contributed by atoms with Gasteiger partial charge in [-0.25, -0.2) is 5.01 Å². The molecule has 192 valence electrons. The average Bonchev–Trinajstić information content (AvgIpc) is 3.43. The van der Waals surface area contributed by atoms with Gasteiger partial charge in [-0.1, -0.05) is 61.9 Å². The standard InChI is InChI=1S/C33H32N2O3/c1-2-3-21-36-27-17-13-25(14-18-27)30-22-31-29-11-7-8-12-32(29)38-33(35(31)34-30)26-15-19-28(20-16-26)37-23-24-9-5-4-6-10-24/h4-20,31,33H,2-3,21-23H2,1H3/t31-,33-/m1/s1. The van der Waals surface area contributed by atoms with Gasteiger partial charge in [0.25, 0.3) is 0 Å². The van der Waals surface area contributed by atoms with Gasteiger partial charge in [0.05, 0.1) is 18.4 Å². The third-order valence-electron chi connectivity index (χ3n) is 7.07. The Labute approximate surface area is 224 Å². The molecule has 38 heavy (non-hydrogen) atoms. The molecular weight excluding hydrogens is 472 g/mol. The van der Waals surface area contributed by atoms with Gasteiger partial charge in [-0.3, -0.25) is 0 Å². The smallest absolute Gasteiger partial charge is 0.213 e. The maximum absolute atomic E-state index is 6.52. The van der Waals surface area contributed by atoms with Crippen molar-refractivity contribution in [3.63, 3.8) is 0 Å². The molecule has 0 aliphatic carbocycles. The van der Waals surface area contributed by atoms with Crippen molar-refractivity contribution < 1.29 is 14.2 Å². The first-order valence-corrected chi connectivity index (χ1v) is 13.4. The van der Waals surface area contributed by atoms with Crippen LogP contribution in [0.5, 0.6) is 17.2 Å². The summed E-state index contributed by atoms with van der Waals surface area (Å²) in [5.74, 6) is 2.65. The highest BCUT2D eigenvalue weighted by molar-refractivity contribution is 6.02. The predicted molar refractivity (Wildman–Crippen MR) is 150 cm³/mol. The maximum Gasteiger partial charge on any atom is 0.213 e. The van der Waals surface area contributed by atoms with Crippen LogP contribution >= 0.6 is 0 Å². The Balaban J connectivity index is 1.22. The number of hydrogen-bond donors (Lipinski definition) is 0. The number of nitrogens with zero attached hydrogens (tertiary/aromatic N) is 2. The summed E-state index contributed by atoms with van der Waals surface area (Å²) in [6, 6.07) is 35.1. The second-order valence-corrected chi connectivity index (χ2v) is 9.72. The molecular formula is C33H32N2O3. The number of rotatable bonds is 9. The first kappa shape index (κ1) is 24.1. The number of para-hydroxylation sites is 1. The molecule has 0 aromatic heterocycles. The van der Waals surface area contributed by atoms with E-state index in [1.165, 1.54) is 5.56 Å². The molecule has 0 N–H and O–H groups in total. The average molecular weight is 505 g/mol. The summed E-state index contributed by atoms with van der Waals surface area (Å²) >= 11 is 0. The maximum atomic E-state index is 6.52. The lowest BCUT2D eigenvalue weighted by Crippen LogP contribution is -2.33. The predicted octanol–water partition coefficient (Wildman–Crippen LogP) is 7.69. The van der Waals surface area contributed by atoms with Crippen molar-refractivity contribution in [2.45, 2.75) is 45.1 Å². The lowest BCUT2D eigenvalue weighted by Gasteiger charge is -2.38. The summed E-state index contributed by atoms with van der Waals surface area (Å²) in [5, 5.41) is 7.21. The van der Waals surface area contributed by atoms with E-state index >= 15 is 0 Å². The molecule has 0 saturated heterocycles. The molecule has 6 rings (SSSR count). The zero-order valence-electron chi connectivity index (χ0n) is 21.6. The molecule has 0 saturated carbocycles. The summed E-state index contributed by atoms with van der Waals surface area (Å²) in [6.45, 7) is 3.46. The fourth-order valence-corrected chi connectivity index (χ4v) is 4.98. The van der Waals surface area contributed by atoms with Gasteiger partial charge in [-0.15, -0.1) is 0 Å². The quantitative estimate of drug-likeness (QED) is 0.219. The molecule has 0 fully saturated rings. The summed E-state index contributed by atoms with van der Waals surface area (Å²) in [7, 11) is 0. The molecule has 0 radical (unpaired) electrons. The van der Waals surface area contributed by atoms with Crippen LogP contribution in [0.3, 0.4) is 0 Å². The Hall–Kier alpha value is -4.25. The molecule has 4 aromatic rings. The molecule has 2 aliphatic rings. The number of hydrogen-bond acceptors (Lipinski definition) is 5. The molecule has 2 atom stereocenters. The normalized spacial score (nSPS) is 17.7. The van der Waals surface area contributed by atoms with E-state index in [4.69, 9.17) is 19.3 Å². The highest BCUT2D eigenvalue weighted by atomic mass is 16.5. The highest BCUT2D eigenvalue weighted by Crippen LogP contribution is 2.47. The Bertz CT molecular complexity index is 1380. The van der Waals surface area contributed by atoms with Gasteiger partial charge in [0.2, 0.25) is 6.23 Å². The Morgan fingerprint density at radius 1 is 0.816 bits per heavy atom. The minimum atomic E-state index is -0.313. The molecule has 0 spiro atoms. The number of fused-ring (bicyclic) bond motifs is 3. The fraction of sp³-hybridized carbons (Fsp3) is 0.242. The summed E-state index contributed by atoms with van der Waals surface area (Å²) in [4.78, 5) is 0. The van der Waals surface area contributed by atoms with Gasteiger partial charge in [0.15, 0.2) is 0 Å². The molecule has 4 aromatic carbocycles. The Morgan fingerprint density at radius 2 is 1.53 bits per heavy atom. The first-order chi connectivity index (χ1) is 18.8. The van der Waals surface area contributed by atoms with Gasteiger partial charge < -0.3 is 14.2 Å². The third-order valence-corrected chi connectivity index (χ3v) is 7.07. The zero-order chi connectivity index (χ0) is 25.7. The van der Waals surface area contributed by atoms with Crippen LogP contribution in [0.2, 0.25) is 0 Å². The second kappa shape index (κ2) is 11.0. The van der Waals surface area contributed by atoms with Gasteiger partial charge in [0.1, 0.15) is 23.9 Å². The molecule has 2 heterocycles. The van der Waals surface area contributed by atoms with E-state index in [0.717, 1.165) is 65.5 Å². The summed E-state index contributed by atoms with van der Waals surface area (Å²) in [5.41, 5.74) is 5.53. The molecule has 0 unspecified atom stereocenters. The number of unbranched alkanes of at least 4 members (excludes halogenated alkanes) is 1. The van der Waals surface area contributed by atoms with Crippen LogP contribution < -0.4 is 14.2 Å². The Kier molecular flexibility index (Phi) is 6.99. The van der Waals surface area contributed by atoms with Gasteiger partial charge in [-0.2, -0.15) is 5.10 Å². The van der Waals surface area contributed by atoms with E-state index in [1.54, 1.807) is 0 Å². The largest absolute Gasteiger partial charge is 0.494 e. The third kappa shape index (κ3) is 5.10. The lowest BCUT2D eigenvalue weighted by atomic mass is 9.96. The monoisotopic (exact) mass is 504 g/mol. The molecule has 5 heteroatoms.